The van der Waals surface area contributed by atoms with Crippen molar-refractivity contribution in [2.75, 3.05) is 0 Å². The summed E-state index contributed by atoms with van der Waals surface area (Å²) in [5, 5.41) is 3.65. The van der Waals surface area contributed by atoms with E-state index >= 15 is 0 Å². The minimum Gasteiger partial charge on any atom is -0.350 e. The summed E-state index contributed by atoms with van der Waals surface area (Å²) in [6, 6.07) is 26.1. The Morgan fingerprint density at radius 3 is 1.97 bits per heavy atom. The summed E-state index contributed by atoms with van der Waals surface area (Å²) in [6.07, 6.45) is 0.618. The van der Waals surface area contributed by atoms with Crippen molar-refractivity contribution in [2.24, 2.45) is 0 Å². The molecule has 1 N–H and O–H groups in total. The van der Waals surface area contributed by atoms with Gasteiger partial charge in [-0.05, 0) is 43.5 Å². The minimum atomic E-state index is -0.681. The summed E-state index contributed by atoms with van der Waals surface area (Å²) in [7, 11) is 0. The van der Waals surface area contributed by atoms with E-state index in [0.717, 1.165) is 16.7 Å². The third-order valence-electron chi connectivity index (χ3n) is 5.27. The van der Waals surface area contributed by atoms with Crippen LogP contribution in [-0.2, 0) is 29.0 Å². The second-order valence-corrected chi connectivity index (χ2v) is 9.63. The summed E-state index contributed by atoms with van der Waals surface area (Å²) >= 11 is 6.45. The minimum absolute atomic E-state index is 0.119. The second kappa shape index (κ2) is 11.2. The van der Waals surface area contributed by atoms with Gasteiger partial charge in [-0.3, -0.25) is 9.59 Å². The number of nitrogens with one attached hydrogen (secondary N) is 1. The smallest absolute Gasteiger partial charge is 0.243 e. The Labute approximate surface area is 201 Å². The molecule has 0 saturated carbocycles. The van der Waals surface area contributed by atoms with Crippen molar-refractivity contribution in [1.29, 1.82) is 0 Å². The van der Waals surface area contributed by atoms with Crippen molar-refractivity contribution < 1.29 is 9.59 Å². The van der Waals surface area contributed by atoms with Crippen molar-refractivity contribution in [3.63, 3.8) is 0 Å². The van der Waals surface area contributed by atoms with Gasteiger partial charge in [0.15, 0.2) is 0 Å². The van der Waals surface area contributed by atoms with Gasteiger partial charge in [-0.2, -0.15) is 0 Å². The molecule has 4 nitrogen and oxygen atoms in total. The monoisotopic (exact) mass is 462 g/mol. The van der Waals surface area contributed by atoms with E-state index in [2.05, 4.69) is 5.32 Å². The van der Waals surface area contributed by atoms with Gasteiger partial charge in [-0.1, -0.05) is 90.5 Å². The summed E-state index contributed by atoms with van der Waals surface area (Å²) in [5.41, 5.74) is 2.27. The molecule has 0 heterocycles. The van der Waals surface area contributed by atoms with Gasteiger partial charge in [-0.15, -0.1) is 0 Å². The highest BCUT2D eigenvalue weighted by Gasteiger charge is 2.32. The number of carbonyl (C=O) groups excluding carboxylic acids is 2. The van der Waals surface area contributed by atoms with Gasteiger partial charge in [0.25, 0.3) is 0 Å². The molecule has 33 heavy (non-hydrogen) atoms. The van der Waals surface area contributed by atoms with Crippen molar-refractivity contribution in [3.8, 4) is 0 Å². The molecule has 172 valence electrons. The van der Waals surface area contributed by atoms with Crippen LogP contribution < -0.4 is 5.32 Å². The lowest BCUT2D eigenvalue weighted by Gasteiger charge is -2.34. The number of amides is 2. The van der Waals surface area contributed by atoms with Crippen LogP contribution in [0.2, 0.25) is 5.02 Å². The molecule has 0 unspecified atom stereocenters. The van der Waals surface area contributed by atoms with Gasteiger partial charge < -0.3 is 10.2 Å². The summed E-state index contributed by atoms with van der Waals surface area (Å²) in [4.78, 5) is 28.8. The van der Waals surface area contributed by atoms with E-state index in [4.69, 9.17) is 11.6 Å². The van der Waals surface area contributed by atoms with Crippen molar-refractivity contribution in [1.82, 2.24) is 10.2 Å². The lowest BCUT2D eigenvalue weighted by Crippen LogP contribution is -2.54. The van der Waals surface area contributed by atoms with Crippen LogP contribution in [0.1, 0.15) is 37.5 Å². The number of halogens is 1. The average Bonchev–Trinajstić information content (AvgIpc) is 2.77. The summed E-state index contributed by atoms with van der Waals surface area (Å²) in [5.74, 6) is -0.300. The second-order valence-electron chi connectivity index (χ2n) is 9.22. The Balaban J connectivity index is 1.99. The topological polar surface area (TPSA) is 49.4 Å². The Hall–Kier alpha value is -3.11. The van der Waals surface area contributed by atoms with Gasteiger partial charge in [-0.25, -0.2) is 0 Å². The highest BCUT2D eigenvalue weighted by atomic mass is 35.5. The van der Waals surface area contributed by atoms with Crippen LogP contribution in [0.25, 0.3) is 0 Å². The first-order valence-electron chi connectivity index (χ1n) is 11.2. The maximum atomic E-state index is 13.6. The molecule has 3 aromatic carbocycles. The molecule has 0 spiro atoms. The number of hydrogen-bond donors (Lipinski definition) is 1. The van der Waals surface area contributed by atoms with E-state index in [1.54, 1.807) is 11.0 Å². The Kier molecular flexibility index (Phi) is 8.29. The van der Waals surface area contributed by atoms with Gasteiger partial charge in [0, 0.05) is 23.5 Å². The normalized spacial score (nSPS) is 12.1. The Morgan fingerprint density at radius 2 is 1.39 bits per heavy atom. The molecule has 0 aliphatic rings. The third kappa shape index (κ3) is 7.47. The fourth-order valence-corrected chi connectivity index (χ4v) is 3.88. The van der Waals surface area contributed by atoms with Gasteiger partial charge >= 0.3 is 0 Å². The van der Waals surface area contributed by atoms with Crippen LogP contribution in [0.4, 0.5) is 0 Å². The first-order chi connectivity index (χ1) is 15.7. The van der Waals surface area contributed by atoms with Crippen LogP contribution in [0.3, 0.4) is 0 Å². The van der Waals surface area contributed by atoms with Crippen LogP contribution >= 0.6 is 11.6 Å². The molecule has 0 aliphatic heterocycles. The molecular weight excluding hydrogens is 432 g/mol. The number of hydrogen-bond acceptors (Lipinski definition) is 2. The fourth-order valence-electron chi connectivity index (χ4n) is 3.69. The number of nitrogens with zero attached hydrogens (tertiary/aromatic N) is 1. The lowest BCUT2D eigenvalue weighted by molar-refractivity contribution is -0.141. The van der Waals surface area contributed by atoms with Crippen LogP contribution in [-0.4, -0.2) is 28.3 Å². The van der Waals surface area contributed by atoms with Crippen molar-refractivity contribution >= 4 is 23.4 Å². The lowest BCUT2D eigenvalue weighted by atomic mass is 10.00. The van der Waals surface area contributed by atoms with E-state index in [1.807, 2.05) is 99.6 Å². The molecule has 3 aromatic rings. The number of benzene rings is 3. The predicted octanol–water partition coefficient (Wildman–Crippen LogP) is 5.44. The molecule has 0 radical (unpaired) electrons. The molecule has 0 fully saturated rings. The quantitative estimate of drug-likeness (QED) is 0.484. The van der Waals surface area contributed by atoms with Crippen molar-refractivity contribution in [2.45, 2.75) is 51.7 Å². The zero-order valence-electron chi connectivity index (χ0n) is 19.4. The van der Waals surface area contributed by atoms with E-state index in [9.17, 15) is 9.59 Å². The summed E-state index contributed by atoms with van der Waals surface area (Å²) in [6.45, 7) is 6.07. The SMILES string of the molecule is CC(C)(C)NC(=O)[C@H](Cc1ccccc1)N(Cc1ccccc1Cl)C(=O)Cc1ccccc1. The van der Waals surface area contributed by atoms with E-state index < -0.39 is 11.6 Å². The maximum Gasteiger partial charge on any atom is 0.243 e. The first kappa shape index (κ1) is 24.5. The van der Waals surface area contributed by atoms with Crippen LogP contribution in [0.5, 0.6) is 0 Å². The van der Waals surface area contributed by atoms with Crippen LogP contribution in [0, 0.1) is 0 Å². The molecule has 0 saturated heterocycles. The summed E-state index contributed by atoms with van der Waals surface area (Å²) < 4.78 is 0. The van der Waals surface area contributed by atoms with Gasteiger partial charge in [0.2, 0.25) is 11.8 Å². The molecule has 3 rings (SSSR count). The zero-order chi connectivity index (χ0) is 23.8. The highest BCUT2D eigenvalue weighted by Crippen LogP contribution is 2.21. The number of carbonyl (C=O) groups is 2. The molecule has 0 aliphatic carbocycles. The van der Waals surface area contributed by atoms with E-state index in [-0.39, 0.29) is 24.8 Å². The third-order valence-corrected chi connectivity index (χ3v) is 5.63. The van der Waals surface area contributed by atoms with E-state index in [0.29, 0.717) is 11.4 Å². The van der Waals surface area contributed by atoms with Crippen LogP contribution in [0.15, 0.2) is 84.9 Å². The molecular formula is C28H31ClN2O2. The largest absolute Gasteiger partial charge is 0.350 e. The Morgan fingerprint density at radius 1 is 0.848 bits per heavy atom. The predicted molar refractivity (Wildman–Crippen MR) is 134 cm³/mol. The number of rotatable bonds is 8. The first-order valence-corrected chi connectivity index (χ1v) is 11.5. The van der Waals surface area contributed by atoms with Gasteiger partial charge in [0.1, 0.15) is 6.04 Å². The fraction of sp³-hybridized carbons (Fsp3) is 0.286. The molecule has 0 bridgehead atoms. The van der Waals surface area contributed by atoms with Crippen molar-refractivity contribution in [3.05, 3.63) is 107 Å². The zero-order valence-corrected chi connectivity index (χ0v) is 20.2. The standard InChI is InChI=1S/C28H31ClN2O2/c1-28(2,3)30-27(33)25(18-21-12-6-4-7-13-21)31(20-23-16-10-11-17-24(23)29)26(32)19-22-14-8-5-9-15-22/h4-17,25H,18-20H2,1-3H3,(H,30,33)/t25-/m0/s1. The average molecular weight is 463 g/mol. The highest BCUT2D eigenvalue weighted by molar-refractivity contribution is 6.31. The Bertz CT molecular complexity index is 1060. The molecule has 5 heteroatoms. The maximum absolute atomic E-state index is 13.6. The van der Waals surface area contributed by atoms with Gasteiger partial charge in [0.05, 0.1) is 6.42 Å². The molecule has 1 atom stereocenters. The van der Waals surface area contributed by atoms with E-state index in [1.165, 1.54) is 0 Å². The molecule has 0 aromatic heterocycles. The molecule has 2 amide bonds.